The highest BCUT2D eigenvalue weighted by atomic mass is 35.5. The summed E-state index contributed by atoms with van der Waals surface area (Å²) in [6.07, 6.45) is -0.563. The van der Waals surface area contributed by atoms with E-state index in [4.69, 9.17) is 22.1 Å². The highest BCUT2D eigenvalue weighted by Crippen LogP contribution is 2.29. The Labute approximate surface area is 238 Å². The van der Waals surface area contributed by atoms with Gasteiger partial charge in [-0.1, -0.05) is 29.8 Å². The minimum atomic E-state index is -1.43. The lowest BCUT2D eigenvalue weighted by Gasteiger charge is -2.27. The van der Waals surface area contributed by atoms with Gasteiger partial charge in [0.25, 0.3) is 5.91 Å². The van der Waals surface area contributed by atoms with Crippen LogP contribution in [0.1, 0.15) is 28.8 Å². The molecule has 0 bridgehead atoms. The van der Waals surface area contributed by atoms with Crippen molar-refractivity contribution in [3.63, 3.8) is 0 Å². The number of fused-ring (bicyclic) bond motifs is 1. The van der Waals surface area contributed by atoms with Crippen molar-refractivity contribution in [1.82, 2.24) is 14.4 Å². The number of hydrogen-bond acceptors (Lipinski definition) is 5. The van der Waals surface area contributed by atoms with Gasteiger partial charge >= 0.3 is 12.1 Å². The van der Waals surface area contributed by atoms with Gasteiger partial charge in [-0.25, -0.2) is 18.4 Å². The number of amides is 4. The first kappa shape index (κ1) is 28.5. The maximum Gasteiger partial charge on any atom is 0.323 e. The average molecular weight is 588 g/mol. The minimum absolute atomic E-state index is 0.0764. The third-order valence-corrected chi connectivity index (χ3v) is 7.64. The zero-order valence-corrected chi connectivity index (χ0v) is 22.7. The molecule has 0 saturated carbocycles. The molecule has 3 N–H and O–H groups in total. The Morgan fingerprint density at radius 3 is 2.59 bits per heavy atom. The Balaban J connectivity index is 1.29. The van der Waals surface area contributed by atoms with Crippen LogP contribution >= 0.6 is 11.6 Å². The summed E-state index contributed by atoms with van der Waals surface area (Å²) < 4.78 is 35.8. The summed E-state index contributed by atoms with van der Waals surface area (Å²) in [6, 6.07) is 6.86. The number of nitrogens with two attached hydrogens (primary N) is 1. The van der Waals surface area contributed by atoms with E-state index in [0.29, 0.717) is 37.2 Å². The molecule has 3 aromatic rings. The van der Waals surface area contributed by atoms with Crippen LogP contribution in [0.15, 0.2) is 42.6 Å². The fourth-order valence-electron chi connectivity index (χ4n) is 5.29. The number of Topliss-reactive ketones (excluding diaryl/α,β-unsaturated/α-hetero) is 1. The van der Waals surface area contributed by atoms with E-state index in [1.807, 2.05) is 0 Å². The van der Waals surface area contributed by atoms with E-state index in [-0.39, 0.29) is 53.6 Å². The van der Waals surface area contributed by atoms with E-state index >= 15 is 0 Å². The zero-order valence-electron chi connectivity index (χ0n) is 21.9. The van der Waals surface area contributed by atoms with Crippen molar-refractivity contribution >= 4 is 51.9 Å². The standard InChI is InChI=1S/C28H28ClF2N5O5/c29-20-12-17(26(38)34-7-9-41-10-8-34)11-16(25(20)31)5-6-24(37)23-13-18(30)14-36(23)28(40)33-21-15-35(27(32)39)22-4-2-1-3-19(21)22/h1-4,11-12,15,18,23H,5-10,13-14H2,(H2,32,39)(H,33,40)/t18-,23+/m1/s1. The summed E-state index contributed by atoms with van der Waals surface area (Å²) in [4.78, 5) is 53.8. The summed E-state index contributed by atoms with van der Waals surface area (Å²) in [5, 5.41) is 2.96. The molecule has 5 rings (SSSR count). The molecule has 13 heteroatoms. The van der Waals surface area contributed by atoms with Gasteiger partial charge in [-0.2, -0.15) is 0 Å². The summed E-state index contributed by atoms with van der Waals surface area (Å²) in [6.45, 7) is 1.29. The first-order valence-electron chi connectivity index (χ1n) is 13.1. The molecule has 4 amide bonds. The average Bonchev–Trinajstić information content (AvgIpc) is 3.54. The molecule has 2 fully saturated rings. The molecule has 2 aliphatic rings. The van der Waals surface area contributed by atoms with Crippen LogP contribution in [0.2, 0.25) is 5.02 Å². The molecule has 41 heavy (non-hydrogen) atoms. The van der Waals surface area contributed by atoms with Crippen LogP contribution in [0.5, 0.6) is 0 Å². The second kappa shape index (κ2) is 11.8. The number of benzene rings is 2. The number of nitrogens with one attached hydrogen (secondary N) is 1. The topological polar surface area (TPSA) is 127 Å². The molecule has 1 aromatic heterocycles. The number of aryl methyl sites for hydroxylation is 1. The lowest BCUT2D eigenvalue weighted by molar-refractivity contribution is -0.122. The largest absolute Gasteiger partial charge is 0.378 e. The van der Waals surface area contributed by atoms with E-state index in [0.717, 1.165) is 4.90 Å². The van der Waals surface area contributed by atoms with Crippen LogP contribution in [-0.4, -0.2) is 83.2 Å². The van der Waals surface area contributed by atoms with Crippen molar-refractivity contribution < 1.29 is 32.7 Å². The predicted octanol–water partition coefficient (Wildman–Crippen LogP) is 3.98. The fourth-order valence-corrected chi connectivity index (χ4v) is 5.53. The number of urea groups is 1. The molecule has 2 saturated heterocycles. The highest BCUT2D eigenvalue weighted by Gasteiger charge is 2.39. The van der Waals surface area contributed by atoms with Gasteiger partial charge in [0.15, 0.2) is 5.78 Å². The van der Waals surface area contributed by atoms with Gasteiger partial charge < -0.3 is 25.6 Å². The minimum Gasteiger partial charge on any atom is -0.378 e. The second-order valence-electron chi connectivity index (χ2n) is 10.0. The first-order chi connectivity index (χ1) is 19.6. The lowest BCUT2D eigenvalue weighted by atomic mass is 9.99. The number of alkyl halides is 1. The molecule has 0 unspecified atom stereocenters. The molecule has 2 atom stereocenters. The number of nitrogens with zero attached hydrogens (tertiary/aromatic N) is 3. The maximum absolute atomic E-state index is 14.9. The van der Waals surface area contributed by atoms with E-state index in [9.17, 15) is 28.0 Å². The van der Waals surface area contributed by atoms with Crippen molar-refractivity contribution in [1.29, 1.82) is 0 Å². The van der Waals surface area contributed by atoms with Gasteiger partial charge in [0, 0.05) is 43.1 Å². The number of anilines is 1. The summed E-state index contributed by atoms with van der Waals surface area (Å²) in [5.41, 5.74) is 6.46. The molecule has 3 heterocycles. The van der Waals surface area contributed by atoms with Crippen LogP contribution in [-0.2, 0) is 16.0 Å². The second-order valence-corrected chi connectivity index (χ2v) is 10.4. The van der Waals surface area contributed by atoms with Gasteiger partial charge in [0.05, 0.1) is 42.0 Å². The number of aromatic nitrogens is 1. The number of likely N-dealkylation sites (tertiary alicyclic amines) is 1. The Morgan fingerprint density at radius 1 is 1.12 bits per heavy atom. The molecule has 216 valence electrons. The van der Waals surface area contributed by atoms with Crippen LogP contribution in [0.3, 0.4) is 0 Å². The number of carbonyl (C=O) groups excluding carboxylic acids is 4. The number of ether oxygens (including phenoxy) is 1. The Morgan fingerprint density at radius 2 is 1.85 bits per heavy atom. The summed E-state index contributed by atoms with van der Waals surface area (Å²) in [5.74, 6) is -1.52. The number of morpholine rings is 1. The molecule has 0 spiro atoms. The van der Waals surface area contributed by atoms with Crippen molar-refractivity contribution in [2.75, 3.05) is 38.2 Å². The molecule has 2 aromatic carbocycles. The molecular formula is C28H28ClF2N5O5. The highest BCUT2D eigenvalue weighted by molar-refractivity contribution is 6.31. The van der Waals surface area contributed by atoms with Crippen molar-refractivity contribution in [3.8, 4) is 0 Å². The monoisotopic (exact) mass is 587 g/mol. The SMILES string of the molecule is NC(=O)n1cc(NC(=O)N2C[C@H](F)C[C@H]2C(=O)CCc2cc(C(=O)N3CCOCC3)cc(Cl)c2F)c2ccccc21. The van der Waals surface area contributed by atoms with Crippen molar-refractivity contribution in [2.45, 2.75) is 31.5 Å². The van der Waals surface area contributed by atoms with E-state index in [1.54, 1.807) is 29.2 Å². The number of rotatable bonds is 6. The predicted molar refractivity (Wildman–Crippen MR) is 147 cm³/mol. The van der Waals surface area contributed by atoms with Crippen molar-refractivity contribution in [3.05, 3.63) is 64.6 Å². The maximum atomic E-state index is 14.9. The zero-order chi connectivity index (χ0) is 29.3. The van der Waals surface area contributed by atoms with Crippen LogP contribution in [0.4, 0.5) is 24.1 Å². The van der Waals surface area contributed by atoms with Gasteiger partial charge in [0.2, 0.25) is 0 Å². The Kier molecular flexibility index (Phi) is 8.22. The van der Waals surface area contributed by atoms with E-state index in [2.05, 4.69) is 5.32 Å². The molecule has 2 aliphatic heterocycles. The lowest BCUT2D eigenvalue weighted by Crippen LogP contribution is -2.43. The first-order valence-corrected chi connectivity index (χ1v) is 13.5. The number of hydrogen-bond donors (Lipinski definition) is 2. The number of carbonyl (C=O) groups is 4. The fraction of sp³-hybridized carbons (Fsp3) is 0.357. The number of halogens is 3. The Hall–Kier alpha value is -4.03. The van der Waals surface area contributed by atoms with Crippen LogP contribution in [0, 0.1) is 5.82 Å². The summed E-state index contributed by atoms with van der Waals surface area (Å²) >= 11 is 6.07. The number of primary amides is 1. The number of para-hydroxylation sites is 1. The quantitative estimate of drug-likeness (QED) is 0.451. The normalized spacial score (nSPS) is 19.0. The smallest absolute Gasteiger partial charge is 0.323 e. The molecule has 0 radical (unpaired) electrons. The Bertz CT molecular complexity index is 1520. The summed E-state index contributed by atoms with van der Waals surface area (Å²) in [7, 11) is 0. The van der Waals surface area contributed by atoms with E-state index < -0.39 is 35.9 Å². The third-order valence-electron chi connectivity index (χ3n) is 7.36. The van der Waals surface area contributed by atoms with Gasteiger partial charge in [-0.3, -0.25) is 14.2 Å². The van der Waals surface area contributed by atoms with Gasteiger partial charge in [0.1, 0.15) is 12.0 Å². The third kappa shape index (κ3) is 5.89. The molecule has 0 aliphatic carbocycles. The molecular weight excluding hydrogens is 560 g/mol. The van der Waals surface area contributed by atoms with Crippen LogP contribution in [0.25, 0.3) is 10.9 Å². The molecule has 10 nitrogen and oxygen atoms in total. The number of ketones is 1. The van der Waals surface area contributed by atoms with Gasteiger partial charge in [-0.05, 0) is 30.2 Å². The van der Waals surface area contributed by atoms with Crippen molar-refractivity contribution in [2.24, 2.45) is 5.73 Å². The van der Waals surface area contributed by atoms with Gasteiger partial charge in [-0.15, -0.1) is 0 Å². The van der Waals surface area contributed by atoms with E-state index in [1.165, 1.54) is 22.9 Å². The van der Waals surface area contributed by atoms with Crippen LogP contribution < -0.4 is 11.1 Å².